The number of hydrogen-bond acceptors (Lipinski definition) is 6. The number of aryl methyl sites for hydroxylation is 1. The Morgan fingerprint density at radius 1 is 1.00 bits per heavy atom. The van der Waals surface area contributed by atoms with E-state index in [1.54, 1.807) is 0 Å². The summed E-state index contributed by atoms with van der Waals surface area (Å²) in [5.41, 5.74) is 2.80. The van der Waals surface area contributed by atoms with Crippen LogP contribution >= 0.6 is 11.8 Å². The summed E-state index contributed by atoms with van der Waals surface area (Å²) in [4.78, 5) is 23.5. The zero-order chi connectivity index (χ0) is 20.1. The van der Waals surface area contributed by atoms with Crippen LogP contribution in [0.4, 0.5) is 0 Å². The Hall–Kier alpha value is -3.19. The minimum Gasteiger partial charge on any atom is -0.338 e. The molecule has 0 atom stereocenters. The Kier molecular flexibility index (Phi) is 5.86. The normalized spacial score (nSPS) is 11.1. The number of nitrogens with one attached hydrogen (secondary N) is 1. The maximum absolute atomic E-state index is 11.7. The van der Waals surface area contributed by atoms with Gasteiger partial charge in [0.05, 0.1) is 11.7 Å². The zero-order valence-electron chi connectivity index (χ0n) is 15.9. The van der Waals surface area contributed by atoms with Gasteiger partial charge in [-0.25, -0.2) is 4.98 Å². The van der Waals surface area contributed by atoms with Crippen molar-refractivity contribution in [1.29, 1.82) is 0 Å². The van der Waals surface area contributed by atoms with E-state index in [0.29, 0.717) is 29.0 Å². The molecule has 0 radical (unpaired) electrons. The van der Waals surface area contributed by atoms with E-state index in [1.165, 1.54) is 17.8 Å². The van der Waals surface area contributed by atoms with Crippen LogP contribution in [0.1, 0.15) is 41.4 Å². The van der Waals surface area contributed by atoms with Crippen LogP contribution in [0.3, 0.4) is 0 Å². The highest BCUT2D eigenvalue weighted by Crippen LogP contribution is 2.30. The fourth-order valence-corrected chi connectivity index (χ4v) is 3.82. The standard InChI is InChI=1S/C22H20N4O2S/c1-2-17-13-18(27)24-22(23-17)29-14-19-25-21(26-28-19)20(15-9-5-3-6-10-15)16-11-7-4-8-12-16/h3-13,20H,2,14H2,1H3,(H,23,24,27). The summed E-state index contributed by atoms with van der Waals surface area (Å²) in [6.07, 6.45) is 0.706. The number of thioether (sulfide) groups is 1. The lowest BCUT2D eigenvalue weighted by atomic mass is 9.91. The van der Waals surface area contributed by atoms with Crippen molar-refractivity contribution in [2.45, 2.75) is 30.2 Å². The number of benzene rings is 2. The molecule has 0 unspecified atom stereocenters. The van der Waals surface area contributed by atoms with Crippen LogP contribution in [-0.2, 0) is 12.2 Å². The van der Waals surface area contributed by atoms with Crippen molar-refractivity contribution in [1.82, 2.24) is 20.1 Å². The Morgan fingerprint density at radius 3 is 2.28 bits per heavy atom. The van der Waals surface area contributed by atoms with E-state index in [1.807, 2.05) is 43.3 Å². The highest BCUT2D eigenvalue weighted by atomic mass is 32.2. The third kappa shape index (κ3) is 4.63. The largest absolute Gasteiger partial charge is 0.338 e. The molecule has 0 saturated carbocycles. The molecular formula is C22H20N4O2S. The van der Waals surface area contributed by atoms with E-state index in [9.17, 15) is 4.79 Å². The molecule has 0 spiro atoms. The Labute approximate surface area is 172 Å². The van der Waals surface area contributed by atoms with E-state index < -0.39 is 0 Å². The van der Waals surface area contributed by atoms with Gasteiger partial charge in [0.25, 0.3) is 5.56 Å². The molecule has 6 nitrogen and oxygen atoms in total. The molecule has 146 valence electrons. The van der Waals surface area contributed by atoms with Gasteiger partial charge >= 0.3 is 0 Å². The van der Waals surface area contributed by atoms with E-state index >= 15 is 0 Å². The van der Waals surface area contributed by atoms with Crippen molar-refractivity contribution in [2.24, 2.45) is 0 Å². The maximum atomic E-state index is 11.7. The van der Waals surface area contributed by atoms with Crippen molar-refractivity contribution in [3.05, 3.63) is 106 Å². The highest BCUT2D eigenvalue weighted by molar-refractivity contribution is 7.98. The number of aromatic nitrogens is 4. The molecule has 0 aliphatic heterocycles. The SMILES string of the molecule is CCc1cc(=O)[nH]c(SCc2nc(C(c3ccccc3)c3ccccc3)no2)n1. The van der Waals surface area contributed by atoms with E-state index in [2.05, 4.69) is 44.4 Å². The molecule has 0 fully saturated rings. The molecule has 2 aromatic carbocycles. The van der Waals surface area contributed by atoms with Gasteiger partial charge in [-0.15, -0.1) is 0 Å². The molecule has 29 heavy (non-hydrogen) atoms. The molecule has 0 bridgehead atoms. The predicted octanol–water partition coefficient (Wildman–Crippen LogP) is 4.19. The zero-order valence-corrected chi connectivity index (χ0v) is 16.7. The topological polar surface area (TPSA) is 84.7 Å². The van der Waals surface area contributed by atoms with Gasteiger partial charge in [-0.1, -0.05) is 84.5 Å². The van der Waals surface area contributed by atoms with Gasteiger partial charge in [-0.2, -0.15) is 4.98 Å². The van der Waals surface area contributed by atoms with Gasteiger partial charge in [0, 0.05) is 11.8 Å². The molecule has 0 aliphatic carbocycles. The molecule has 0 aliphatic rings. The van der Waals surface area contributed by atoms with Gasteiger partial charge < -0.3 is 9.51 Å². The van der Waals surface area contributed by atoms with Crippen molar-refractivity contribution in [3.8, 4) is 0 Å². The first kappa shape index (κ1) is 19.1. The second kappa shape index (κ2) is 8.87. The van der Waals surface area contributed by atoms with Crippen molar-refractivity contribution in [3.63, 3.8) is 0 Å². The lowest BCUT2D eigenvalue weighted by molar-refractivity contribution is 0.384. The molecule has 7 heteroatoms. The second-order valence-electron chi connectivity index (χ2n) is 6.48. The van der Waals surface area contributed by atoms with Crippen LogP contribution < -0.4 is 5.56 Å². The summed E-state index contributed by atoms with van der Waals surface area (Å²) >= 11 is 1.37. The summed E-state index contributed by atoms with van der Waals surface area (Å²) in [5, 5.41) is 4.79. The van der Waals surface area contributed by atoms with Crippen LogP contribution in [0.5, 0.6) is 0 Å². The van der Waals surface area contributed by atoms with Crippen LogP contribution in [0.2, 0.25) is 0 Å². The van der Waals surface area contributed by atoms with Crippen molar-refractivity contribution in [2.75, 3.05) is 0 Å². The molecule has 0 amide bonds. The van der Waals surface area contributed by atoms with E-state index in [-0.39, 0.29) is 11.5 Å². The third-order valence-electron chi connectivity index (χ3n) is 4.48. The first-order valence-corrected chi connectivity index (χ1v) is 10.4. The number of H-pyrrole nitrogens is 1. The van der Waals surface area contributed by atoms with Crippen LogP contribution in [0.15, 0.2) is 81.2 Å². The fourth-order valence-electron chi connectivity index (χ4n) is 3.09. The average molecular weight is 404 g/mol. The van der Waals surface area contributed by atoms with E-state index in [0.717, 1.165) is 16.8 Å². The van der Waals surface area contributed by atoms with Gasteiger partial charge in [0.15, 0.2) is 11.0 Å². The molecule has 2 heterocycles. The first-order chi connectivity index (χ1) is 14.2. The van der Waals surface area contributed by atoms with Gasteiger partial charge in [0.2, 0.25) is 5.89 Å². The number of rotatable bonds is 7. The summed E-state index contributed by atoms with van der Waals surface area (Å²) in [5.74, 6) is 1.42. The van der Waals surface area contributed by atoms with Crippen LogP contribution in [0.25, 0.3) is 0 Å². The molecule has 0 saturated heterocycles. The summed E-state index contributed by atoms with van der Waals surface area (Å²) in [6.45, 7) is 1.97. The van der Waals surface area contributed by atoms with Crippen LogP contribution in [-0.4, -0.2) is 20.1 Å². The first-order valence-electron chi connectivity index (χ1n) is 9.38. The summed E-state index contributed by atoms with van der Waals surface area (Å²) in [6, 6.07) is 21.8. The Morgan fingerprint density at radius 2 is 1.66 bits per heavy atom. The molecule has 4 rings (SSSR count). The summed E-state index contributed by atoms with van der Waals surface area (Å²) < 4.78 is 5.50. The van der Waals surface area contributed by atoms with Crippen LogP contribution in [0, 0.1) is 0 Å². The van der Waals surface area contributed by atoms with Gasteiger partial charge in [0.1, 0.15) is 0 Å². The Bertz CT molecular complexity index is 1090. The molecular weight excluding hydrogens is 384 g/mol. The minimum atomic E-state index is -0.154. The average Bonchev–Trinajstić information content (AvgIpc) is 3.22. The van der Waals surface area contributed by atoms with Crippen molar-refractivity contribution < 1.29 is 4.52 Å². The lowest BCUT2D eigenvalue weighted by Gasteiger charge is -2.14. The second-order valence-corrected chi connectivity index (χ2v) is 7.45. The lowest BCUT2D eigenvalue weighted by Crippen LogP contribution is -2.09. The quantitative estimate of drug-likeness (QED) is 0.367. The monoisotopic (exact) mass is 404 g/mol. The molecule has 2 aromatic heterocycles. The number of aromatic amines is 1. The maximum Gasteiger partial charge on any atom is 0.251 e. The predicted molar refractivity (Wildman–Crippen MR) is 112 cm³/mol. The molecule has 4 aromatic rings. The Balaban J connectivity index is 1.58. The van der Waals surface area contributed by atoms with Gasteiger partial charge in [-0.3, -0.25) is 4.79 Å². The third-order valence-corrected chi connectivity index (χ3v) is 5.33. The minimum absolute atomic E-state index is 0.110. The summed E-state index contributed by atoms with van der Waals surface area (Å²) in [7, 11) is 0. The number of nitrogens with zero attached hydrogens (tertiary/aromatic N) is 3. The smallest absolute Gasteiger partial charge is 0.251 e. The van der Waals surface area contributed by atoms with Gasteiger partial charge in [-0.05, 0) is 17.5 Å². The molecule has 1 N–H and O–H groups in total. The number of hydrogen-bond donors (Lipinski definition) is 1. The fraction of sp³-hybridized carbons (Fsp3) is 0.182. The van der Waals surface area contributed by atoms with Crippen molar-refractivity contribution >= 4 is 11.8 Å². The highest BCUT2D eigenvalue weighted by Gasteiger charge is 2.22. The van der Waals surface area contributed by atoms with E-state index in [4.69, 9.17) is 4.52 Å².